The highest BCUT2D eigenvalue weighted by Crippen LogP contribution is 2.25. The SMILES string of the molecule is CCCCn1c(N)c(N(Cc2ccccc2)C(=O)c2cc3ccccc3o2)c(=O)[nH]c1=O. The molecule has 0 aliphatic heterocycles. The van der Waals surface area contributed by atoms with E-state index in [0.717, 1.165) is 17.4 Å². The minimum atomic E-state index is -0.722. The van der Waals surface area contributed by atoms with E-state index in [1.165, 1.54) is 9.47 Å². The monoisotopic (exact) mass is 432 g/mol. The predicted octanol–water partition coefficient (Wildman–Crippen LogP) is 3.51. The Morgan fingerprint density at radius 3 is 2.53 bits per heavy atom. The summed E-state index contributed by atoms with van der Waals surface area (Å²) in [5, 5.41) is 0.769. The second-order valence-corrected chi connectivity index (χ2v) is 7.52. The minimum Gasteiger partial charge on any atom is -0.451 e. The molecule has 0 atom stereocenters. The number of carbonyl (C=O) groups is 1. The number of nitrogen functional groups attached to an aromatic ring is 1. The zero-order valence-corrected chi connectivity index (χ0v) is 17.7. The number of anilines is 2. The Labute approximate surface area is 183 Å². The number of amides is 1. The van der Waals surface area contributed by atoms with E-state index < -0.39 is 17.2 Å². The molecule has 0 saturated carbocycles. The number of nitrogens with two attached hydrogens (primary N) is 1. The molecule has 2 aromatic heterocycles. The Hall–Kier alpha value is -4.07. The molecule has 0 bridgehead atoms. The van der Waals surface area contributed by atoms with Crippen LogP contribution in [0, 0.1) is 0 Å². The topological polar surface area (TPSA) is 114 Å². The van der Waals surface area contributed by atoms with Gasteiger partial charge in [-0.2, -0.15) is 0 Å². The number of furan rings is 1. The molecule has 0 saturated heterocycles. The van der Waals surface area contributed by atoms with Crippen molar-refractivity contribution in [3.8, 4) is 0 Å². The van der Waals surface area contributed by atoms with Gasteiger partial charge in [-0.3, -0.25) is 24.0 Å². The number of hydrogen-bond donors (Lipinski definition) is 2. The summed E-state index contributed by atoms with van der Waals surface area (Å²) in [7, 11) is 0. The average Bonchev–Trinajstić information content (AvgIpc) is 3.23. The molecule has 3 N–H and O–H groups in total. The third-order valence-corrected chi connectivity index (χ3v) is 5.28. The summed E-state index contributed by atoms with van der Waals surface area (Å²) in [5.74, 6) is -0.497. The number of nitrogens with zero attached hydrogens (tertiary/aromatic N) is 2. The number of H-pyrrole nitrogens is 1. The molecule has 1 amide bonds. The lowest BCUT2D eigenvalue weighted by Crippen LogP contribution is -2.40. The maximum Gasteiger partial charge on any atom is 0.330 e. The second kappa shape index (κ2) is 8.97. The van der Waals surface area contributed by atoms with Crippen LogP contribution in [0.1, 0.15) is 35.9 Å². The van der Waals surface area contributed by atoms with E-state index in [2.05, 4.69) is 4.98 Å². The molecular weight excluding hydrogens is 408 g/mol. The third-order valence-electron chi connectivity index (χ3n) is 5.28. The second-order valence-electron chi connectivity index (χ2n) is 7.52. The first-order valence-electron chi connectivity index (χ1n) is 10.5. The van der Waals surface area contributed by atoms with Crippen LogP contribution in [-0.2, 0) is 13.1 Å². The van der Waals surface area contributed by atoms with Crippen molar-refractivity contribution in [2.75, 3.05) is 10.6 Å². The van der Waals surface area contributed by atoms with Crippen molar-refractivity contribution in [3.63, 3.8) is 0 Å². The third kappa shape index (κ3) is 4.07. The number of aromatic amines is 1. The Balaban J connectivity index is 1.85. The summed E-state index contributed by atoms with van der Waals surface area (Å²) in [6.45, 7) is 2.40. The zero-order chi connectivity index (χ0) is 22.7. The van der Waals surface area contributed by atoms with Gasteiger partial charge in [0.25, 0.3) is 11.5 Å². The van der Waals surface area contributed by atoms with Gasteiger partial charge in [-0.1, -0.05) is 61.9 Å². The molecule has 0 aliphatic rings. The Bertz CT molecular complexity index is 1340. The molecule has 164 valence electrons. The molecular formula is C24H24N4O4. The van der Waals surface area contributed by atoms with Gasteiger partial charge >= 0.3 is 5.69 Å². The standard InChI is InChI=1S/C24H24N4O4/c1-2-3-13-27-21(25)20(22(29)26-24(27)31)28(15-16-9-5-4-6-10-16)23(30)19-14-17-11-7-8-12-18(17)32-19/h4-12,14H,2-3,13,15,25H2,1H3,(H,26,29,31). The van der Waals surface area contributed by atoms with E-state index in [1.807, 2.05) is 55.5 Å². The molecule has 0 spiro atoms. The predicted molar refractivity (Wildman–Crippen MR) is 124 cm³/mol. The van der Waals surface area contributed by atoms with Crippen molar-refractivity contribution in [2.45, 2.75) is 32.9 Å². The van der Waals surface area contributed by atoms with Gasteiger partial charge in [-0.15, -0.1) is 0 Å². The lowest BCUT2D eigenvalue weighted by molar-refractivity contribution is 0.0960. The number of unbranched alkanes of at least 4 members (excludes halogenated alkanes) is 1. The fourth-order valence-corrected chi connectivity index (χ4v) is 3.62. The molecule has 2 heterocycles. The highest BCUT2D eigenvalue weighted by atomic mass is 16.3. The number of fused-ring (bicyclic) bond motifs is 1. The molecule has 2 aromatic carbocycles. The van der Waals surface area contributed by atoms with Crippen molar-refractivity contribution in [2.24, 2.45) is 0 Å². The van der Waals surface area contributed by atoms with Gasteiger partial charge in [0.2, 0.25) is 0 Å². The van der Waals surface area contributed by atoms with Crippen LogP contribution >= 0.6 is 0 Å². The molecule has 0 fully saturated rings. The van der Waals surface area contributed by atoms with E-state index in [9.17, 15) is 14.4 Å². The first kappa shape index (κ1) is 21.2. The molecule has 8 nitrogen and oxygen atoms in total. The smallest absolute Gasteiger partial charge is 0.330 e. The van der Waals surface area contributed by atoms with E-state index in [1.54, 1.807) is 12.1 Å². The average molecular weight is 432 g/mol. The van der Waals surface area contributed by atoms with Crippen LogP contribution < -0.4 is 21.9 Å². The van der Waals surface area contributed by atoms with Crippen LogP contribution in [0.3, 0.4) is 0 Å². The lowest BCUT2D eigenvalue weighted by Gasteiger charge is -2.24. The van der Waals surface area contributed by atoms with Crippen LogP contribution in [-0.4, -0.2) is 15.5 Å². The number of para-hydroxylation sites is 1. The van der Waals surface area contributed by atoms with Crippen LogP contribution in [0.5, 0.6) is 0 Å². The van der Waals surface area contributed by atoms with Crippen LogP contribution in [0.25, 0.3) is 11.0 Å². The lowest BCUT2D eigenvalue weighted by atomic mass is 10.2. The highest BCUT2D eigenvalue weighted by molar-refractivity contribution is 6.07. The molecule has 32 heavy (non-hydrogen) atoms. The fourth-order valence-electron chi connectivity index (χ4n) is 3.62. The van der Waals surface area contributed by atoms with Crippen LogP contribution in [0.2, 0.25) is 0 Å². The molecule has 0 aliphatic carbocycles. The number of hydrogen-bond acceptors (Lipinski definition) is 5. The largest absolute Gasteiger partial charge is 0.451 e. The summed E-state index contributed by atoms with van der Waals surface area (Å²) in [6, 6.07) is 18.1. The molecule has 4 rings (SSSR count). The van der Waals surface area contributed by atoms with Gasteiger partial charge in [0, 0.05) is 11.9 Å². The molecule has 4 aromatic rings. The summed E-state index contributed by atoms with van der Waals surface area (Å²) in [5.41, 5.74) is 6.25. The van der Waals surface area contributed by atoms with Gasteiger partial charge < -0.3 is 10.2 Å². The van der Waals surface area contributed by atoms with Crippen molar-refractivity contribution in [1.82, 2.24) is 9.55 Å². The van der Waals surface area contributed by atoms with E-state index in [4.69, 9.17) is 10.2 Å². The summed E-state index contributed by atoms with van der Waals surface area (Å²) in [6.07, 6.45) is 1.54. The number of rotatable bonds is 7. The quantitative estimate of drug-likeness (QED) is 0.464. The van der Waals surface area contributed by atoms with Crippen molar-refractivity contribution in [1.29, 1.82) is 0 Å². The number of nitrogens with one attached hydrogen (secondary N) is 1. The summed E-state index contributed by atoms with van der Waals surface area (Å²) >= 11 is 0. The minimum absolute atomic E-state index is 0.0485. The number of aromatic nitrogens is 2. The first-order valence-corrected chi connectivity index (χ1v) is 10.5. The summed E-state index contributed by atoms with van der Waals surface area (Å²) < 4.78 is 7.05. The molecule has 0 radical (unpaired) electrons. The van der Waals surface area contributed by atoms with E-state index in [-0.39, 0.29) is 23.8 Å². The van der Waals surface area contributed by atoms with Crippen LogP contribution in [0.15, 0.2) is 74.7 Å². The summed E-state index contributed by atoms with van der Waals surface area (Å²) in [4.78, 5) is 42.4. The van der Waals surface area contributed by atoms with Gasteiger partial charge in [-0.05, 0) is 24.1 Å². The number of carbonyl (C=O) groups excluding carboxylic acids is 1. The van der Waals surface area contributed by atoms with Crippen LogP contribution in [0.4, 0.5) is 11.5 Å². The highest BCUT2D eigenvalue weighted by Gasteiger charge is 2.27. The van der Waals surface area contributed by atoms with Crippen molar-refractivity contribution < 1.29 is 9.21 Å². The maximum atomic E-state index is 13.6. The van der Waals surface area contributed by atoms with Gasteiger partial charge in [0.05, 0.1) is 6.54 Å². The first-order chi connectivity index (χ1) is 15.5. The maximum absolute atomic E-state index is 13.6. The molecule has 0 unspecified atom stereocenters. The molecule has 8 heteroatoms. The van der Waals surface area contributed by atoms with Gasteiger partial charge in [0.1, 0.15) is 11.4 Å². The zero-order valence-electron chi connectivity index (χ0n) is 17.7. The van der Waals surface area contributed by atoms with E-state index in [0.29, 0.717) is 18.5 Å². The normalized spacial score (nSPS) is 11.0. The van der Waals surface area contributed by atoms with Gasteiger partial charge in [-0.25, -0.2) is 4.79 Å². The Kier molecular flexibility index (Phi) is 5.93. The Morgan fingerprint density at radius 2 is 1.81 bits per heavy atom. The Morgan fingerprint density at radius 1 is 1.09 bits per heavy atom. The number of benzene rings is 2. The van der Waals surface area contributed by atoms with Gasteiger partial charge in [0.15, 0.2) is 11.4 Å². The fraction of sp³-hybridized carbons (Fsp3) is 0.208. The van der Waals surface area contributed by atoms with E-state index >= 15 is 0 Å². The van der Waals surface area contributed by atoms with Crippen molar-refractivity contribution in [3.05, 3.63) is 92.8 Å². The van der Waals surface area contributed by atoms with Crippen molar-refractivity contribution >= 4 is 28.4 Å².